The van der Waals surface area contributed by atoms with E-state index in [2.05, 4.69) is 5.32 Å². The molecule has 2 rings (SSSR count). The molecule has 6 nitrogen and oxygen atoms in total. The summed E-state index contributed by atoms with van der Waals surface area (Å²) < 4.78 is 31.8. The first-order valence-electron chi connectivity index (χ1n) is 10.3. The molecule has 0 aliphatic heterocycles. The third-order valence-electron chi connectivity index (χ3n) is 3.95. The molecule has 0 saturated carbocycles. The molecule has 0 bridgehead atoms. The minimum Gasteiger partial charge on any atom is -0.458 e. The van der Waals surface area contributed by atoms with Gasteiger partial charge in [0.05, 0.1) is 0 Å². The zero-order valence-electron chi connectivity index (χ0n) is 19.4. The van der Waals surface area contributed by atoms with Crippen LogP contribution in [0.5, 0.6) is 11.5 Å². The lowest BCUT2D eigenvalue weighted by Gasteiger charge is -2.26. The first-order chi connectivity index (χ1) is 15.1. The van der Waals surface area contributed by atoms with E-state index >= 15 is 0 Å². The molecule has 0 aromatic heterocycles. The zero-order valence-corrected chi connectivity index (χ0v) is 22.3. The van der Waals surface area contributed by atoms with Gasteiger partial charge in [-0.3, -0.25) is 0 Å². The second-order valence-electron chi connectivity index (χ2n) is 9.37. The van der Waals surface area contributed by atoms with E-state index < -0.39 is 35.1 Å². The lowest BCUT2D eigenvalue weighted by atomic mass is 10.0. The Morgan fingerprint density at radius 1 is 1.03 bits per heavy atom. The third-order valence-corrected chi connectivity index (χ3v) is 5.20. The van der Waals surface area contributed by atoms with Crippen LogP contribution in [0.25, 0.3) is 0 Å². The van der Waals surface area contributed by atoms with Crippen molar-refractivity contribution in [3.63, 3.8) is 0 Å². The molecule has 1 unspecified atom stereocenters. The normalized spacial score (nSPS) is 12.6. The molecule has 33 heavy (non-hydrogen) atoms. The molecule has 9 heteroatoms. The summed E-state index contributed by atoms with van der Waals surface area (Å²) in [5.41, 5.74) is -1.01. The third kappa shape index (κ3) is 9.37. The van der Waals surface area contributed by atoms with E-state index in [0.29, 0.717) is 19.9 Å². The van der Waals surface area contributed by atoms with Crippen LogP contribution in [0.2, 0.25) is 5.02 Å². The molecule has 0 aliphatic rings. The molecular weight excluding hydrogens is 564 g/mol. The maximum Gasteiger partial charge on any atom is 0.408 e. The maximum atomic E-state index is 14.8. The fourth-order valence-electron chi connectivity index (χ4n) is 2.67. The van der Waals surface area contributed by atoms with E-state index in [4.69, 9.17) is 25.8 Å². The van der Waals surface area contributed by atoms with Crippen molar-refractivity contribution in [3.8, 4) is 11.5 Å². The standard InChI is InChI=1S/C24H28ClFINO5/c1-23(2,3)32-21(29)19(28-22(30)33-24(4,5)6)12-14-11-17(26)20(13-18(14)27)31-16-9-7-15(25)8-10-16/h7-11,13,19H,12H2,1-6H3,(H,28,30). The number of esters is 1. The molecule has 1 amide bonds. The van der Waals surface area contributed by atoms with Crippen molar-refractivity contribution in [3.05, 3.63) is 56.4 Å². The minimum atomic E-state index is -1.07. The number of nitrogens with one attached hydrogen (secondary N) is 1. The van der Waals surface area contributed by atoms with Crippen molar-refractivity contribution in [2.75, 3.05) is 0 Å². The van der Waals surface area contributed by atoms with Crippen LogP contribution >= 0.6 is 34.2 Å². The van der Waals surface area contributed by atoms with Crippen LogP contribution < -0.4 is 10.1 Å². The van der Waals surface area contributed by atoms with Gasteiger partial charge in [0.1, 0.15) is 23.0 Å². The number of hydrogen-bond acceptors (Lipinski definition) is 5. The van der Waals surface area contributed by atoms with Crippen LogP contribution in [-0.2, 0) is 20.7 Å². The summed E-state index contributed by atoms with van der Waals surface area (Å²) in [4.78, 5) is 25.1. The number of ether oxygens (including phenoxy) is 3. The number of alkyl carbamates (subject to hydrolysis) is 1. The predicted octanol–water partition coefficient (Wildman–Crippen LogP) is 6.65. The molecule has 0 radical (unpaired) electrons. The largest absolute Gasteiger partial charge is 0.458 e. The summed E-state index contributed by atoms with van der Waals surface area (Å²) in [6.45, 7) is 10.3. The number of amides is 1. The molecule has 0 fully saturated rings. The Hall–Kier alpha value is -2.07. The molecule has 0 spiro atoms. The van der Waals surface area contributed by atoms with Crippen molar-refractivity contribution in [1.82, 2.24) is 5.32 Å². The number of hydrogen-bond donors (Lipinski definition) is 1. The highest BCUT2D eigenvalue weighted by molar-refractivity contribution is 14.1. The number of benzene rings is 2. The van der Waals surface area contributed by atoms with E-state index in [1.54, 1.807) is 65.8 Å². The summed E-state index contributed by atoms with van der Waals surface area (Å²) >= 11 is 7.90. The lowest BCUT2D eigenvalue weighted by Crippen LogP contribution is -2.47. The van der Waals surface area contributed by atoms with Gasteiger partial charge in [0.2, 0.25) is 0 Å². The van der Waals surface area contributed by atoms with Gasteiger partial charge < -0.3 is 19.5 Å². The van der Waals surface area contributed by atoms with Crippen LogP contribution in [0.15, 0.2) is 36.4 Å². The Balaban J connectivity index is 2.26. The maximum absolute atomic E-state index is 14.8. The van der Waals surface area contributed by atoms with Gasteiger partial charge >= 0.3 is 12.1 Å². The number of carbonyl (C=O) groups excluding carboxylic acids is 2. The van der Waals surface area contributed by atoms with Gasteiger partial charge in [0.25, 0.3) is 0 Å². The first kappa shape index (κ1) is 27.2. The smallest absolute Gasteiger partial charge is 0.408 e. The number of carbonyl (C=O) groups is 2. The number of halogens is 3. The molecule has 1 N–H and O–H groups in total. The molecule has 2 aromatic carbocycles. The highest BCUT2D eigenvalue weighted by Crippen LogP contribution is 2.30. The summed E-state index contributed by atoms with van der Waals surface area (Å²) in [5.74, 6) is -0.800. The lowest BCUT2D eigenvalue weighted by molar-refractivity contribution is -0.157. The van der Waals surface area contributed by atoms with Gasteiger partial charge in [0.15, 0.2) is 11.6 Å². The quantitative estimate of drug-likeness (QED) is 0.301. The van der Waals surface area contributed by atoms with Crippen molar-refractivity contribution in [2.24, 2.45) is 0 Å². The average molecular weight is 592 g/mol. The Bertz CT molecular complexity index is 1000. The van der Waals surface area contributed by atoms with Gasteiger partial charge in [0, 0.05) is 15.0 Å². The van der Waals surface area contributed by atoms with Gasteiger partial charge in [-0.2, -0.15) is 0 Å². The molecule has 2 aromatic rings. The van der Waals surface area contributed by atoms with Crippen molar-refractivity contribution >= 4 is 46.3 Å². The van der Waals surface area contributed by atoms with E-state index in [9.17, 15) is 14.0 Å². The first-order valence-corrected chi connectivity index (χ1v) is 11.7. The van der Waals surface area contributed by atoms with Crippen molar-refractivity contribution in [2.45, 2.75) is 65.2 Å². The molecule has 0 heterocycles. The molecule has 180 valence electrons. The Kier molecular flexibility index (Phi) is 8.98. The van der Waals surface area contributed by atoms with Crippen LogP contribution in [0, 0.1) is 9.39 Å². The second-order valence-corrected chi connectivity index (χ2v) is 11.0. The second kappa shape index (κ2) is 10.9. The van der Waals surface area contributed by atoms with Gasteiger partial charge in [-0.1, -0.05) is 11.6 Å². The zero-order chi connectivity index (χ0) is 25.0. The topological polar surface area (TPSA) is 73.9 Å². The highest BCUT2D eigenvalue weighted by Gasteiger charge is 2.30. The van der Waals surface area contributed by atoms with Crippen LogP contribution in [0.1, 0.15) is 47.1 Å². The molecule has 1 atom stereocenters. The van der Waals surface area contributed by atoms with Crippen molar-refractivity contribution in [1.29, 1.82) is 0 Å². The van der Waals surface area contributed by atoms with Crippen LogP contribution in [0.4, 0.5) is 9.18 Å². The van der Waals surface area contributed by atoms with E-state index in [0.717, 1.165) is 0 Å². The average Bonchev–Trinajstić information content (AvgIpc) is 2.64. The monoisotopic (exact) mass is 591 g/mol. The van der Waals surface area contributed by atoms with Crippen LogP contribution in [-0.4, -0.2) is 29.3 Å². The van der Waals surface area contributed by atoms with Crippen molar-refractivity contribution < 1.29 is 28.2 Å². The van der Waals surface area contributed by atoms with E-state index in [-0.39, 0.29) is 12.2 Å². The summed E-state index contributed by atoms with van der Waals surface area (Å²) in [6.07, 6.45) is -0.763. The minimum absolute atomic E-state index is 0.00454. The predicted molar refractivity (Wildman–Crippen MR) is 133 cm³/mol. The molecular formula is C24H28ClFINO5. The summed E-state index contributed by atoms with van der Waals surface area (Å²) in [5, 5.41) is 3.09. The van der Waals surface area contributed by atoms with Gasteiger partial charge in [-0.15, -0.1) is 0 Å². The van der Waals surface area contributed by atoms with Gasteiger partial charge in [-0.25, -0.2) is 14.0 Å². The SMILES string of the molecule is CC(C)(C)OC(=O)NC(Cc1cc(F)c(Oc2ccc(Cl)cc2)cc1I)C(=O)OC(C)(C)C. The Labute approximate surface area is 212 Å². The fraction of sp³-hybridized carbons (Fsp3) is 0.417. The Morgan fingerprint density at radius 3 is 2.15 bits per heavy atom. The van der Waals surface area contributed by atoms with E-state index in [1.165, 1.54) is 12.1 Å². The Morgan fingerprint density at radius 2 is 1.61 bits per heavy atom. The highest BCUT2D eigenvalue weighted by atomic mass is 127. The fourth-order valence-corrected chi connectivity index (χ4v) is 3.45. The van der Waals surface area contributed by atoms with Crippen LogP contribution in [0.3, 0.4) is 0 Å². The summed E-state index contributed by atoms with van der Waals surface area (Å²) in [6, 6.07) is 8.28. The van der Waals surface area contributed by atoms with Gasteiger partial charge in [-0.05, 0) is 106 Å². The number of rotatable bonds is 6. The summed E-state index contributed by atoms with van der Waals surface area (Å²) in [7, 11) is 0. The molecule has 0 saturated heterocycles. The van der Waals surface area contributed by atoms with E-state index in [1.807, 2.05) is 22.6 Å². The molecule has 0 aliphatic carbocycles.